The molecule has 0 radical (unpaired) electrons. The van der Waals surface area contributed by atoms with Gasteiger partial charge in [-0.1, -0.05) is 13.8 Å². The van der Waals surface area contributed by atoms with Crippen LogP contribution in [0.5, 0.6) is 5.75 Å². The highest BCUT2D eigenvalue weighted by molar-refractivity contribution is 5.93. The van der Waals surface area contributed by atoms with Crippen molar-refractivity contribution in [3.05, 3.63) is 27.8 Å². The van der Waals surface area contributed by atoms with Crippen molar-refractivity contribution in [3.8, 4) is 5.75 Å². The summed E-state index contributed by atoms with van der Waals surface area (Å²) in [6.45, 7) is 3.45. The molecule has 20 heavy (non-hydrogen) atoms. The number of carbonyl (C=O) groups excluding carboxylic acids is 1. The molecule has 0 saturated heterocycles. The van der Waals surface area contributed by atoms with Crippen molar-refractivity contribution in [2.45, 2.75) is 38.8 Å². The molecule has 1 amide bonds. The molecule has 1 heterocycles. The van der Waals surface area contributed by atoms with E-state index in [1.54, 1.807) is 0 Å². The Morgan fingerprint density at radius 3 is 2.55 bits per heavy atom. The Balaban J connectivity index is 2.93. The molecular weight excluding hydrogens is 264 g/mol. The van der Waals surface area contributed by atoms with Gasteiger partial charge in [-0.25, -0.2) is 0 Å². The highest BCUT2D eigenvalue weighted by Crippen LogP contribution is 2.15. The van der Waals surface area contributed by atoms with Crippen LogP contribution in [0.25, 0.3) is 0 Å². The third kappa shape index (κ3) is 3.58. The third-order valence-corrected chi connectivity index (χ3v) is 3.35. The van der Waals surface area contributed by atoms with Crippen LogP contribution in [0.4, 0.5) is 0 Å². The number of rotatable bonds is 6. The maximum atomic E-state index is 11.9. The molecule has 0 aliphatic rings. The minimum absolute atomic E-state index is 0.0945. The fraction of sp³-hybridized carbons (Fsp3) is 0.538. The van der Waals surface area contributed by atoms with Crippen molar-refractivity contribution in [3.63, 3.8) is 0 Å². The highest BCUT2D eigenvalue weighted by atomic mass is 16.4. The fourth-order valence-electron chi connectivity index (χ4n) is 1.60. The van der Waals surface area contributed by atoms with Gasteiger partial charge in [0.05, 0.1) is 0 Å². The van der Waals surface area contributed by atoms with Crippen molar-refractivity contribution in [2.24, 2.45) is 5.73 Å². The Kier molecular flexibility index (Phi) is 5.29. The second-order valence-electron chi connectivity index (χ2n) is 4.66. The minimum Gasteiger partial charge on any atom is -0.501 e. The standard InChI is InChI=1S/C13H20N2O5/c1-3-13(14,4-2)7-15-12(19)11-10(18)9(17)5-8(6-16)20-11/h5,16,18H,3-4,6-7,14H2,1-2H3,(H,15,19). The first-order chi connectivity index (χ1) is 9.36. The lowest BCUT2D eigenvalue weighted by Crippen LogP contribution is -2.49. The SMILES string of the molecule is CCC(N)(CC)CNC(=O)c1oc(CO)cc(=O)c1O. The van der Waals surface area contributed by atoms with Gasteiger partial charge in [0.15, 0.2) is 0 Å². The van der Waals surface area contributed by atoms with E-state index in [2.05, 4.69) is 5.32 Å². The largest absolute Gasteiger partial charge is 0.501 e. The lowest BCUT2D eigenvalue weighted by atomic mass is 9.94. The summed E-state index contributed by atoms with van der Waals surface area (Å²) in [6.07, 6.45) is 1.33. The van der Waals surface area contributed by atoms with Gasteiger partial charge in [0.1, 0.15) is 12.4 Å². The molecule has 0 saturated carbocycles. The maximum Gasteiger partial charge on any atom is 0.291 e. The average Bonchev–Trinajstić information content (AvgIpc) is 2.47. The monoisotopic (exact) mass is 284 g/mol. The lowest BCUT2D eigenvalue weighted by molar-refractivity contribution is 0.0900. The van der Waals surface area contributed by atoms with Gasteiger partial charge in [0, 0.05) is 18.2 Å². The number of hydrogen-bond donors (Lipinski definition) is 4. The Labute approximate surface area is 116 Å². The zero-order valence-electron chi connectivity index (χ0n) is 11.6. The molecule has 7 nitrogen and oxygen atoms in total. The van der Waals surface area contributed by atoms with Gasteiger partial charge >= 0.3 is 0 Å². The van der Waals surface area contributed by atoms with E-state index in [1.165, 1.54) is 0 Å². The predicted molar refractivity (Wildman–Crippen MR) is 72.4 cm³/mol. The summed E-state index contributed by atoms with van der Waals surface area (Å²) in [4.78, 5) is 23.3. The molecule has 0 aliphatic carbocycles. The number of hydrogen-bond acceptors (Lipinski definition) is 6. The Bertz CT molecular complexity index is 534. The van der Waals surface area contributed by atoms with E-state index in [0.717, 1.165) is 6.07 Å². The van der Waals surface area contributed by atoms with Crippen molar-refractivity contribution < 1.29 is 19.4 Å². The van der Waals surface area contributed by atoms with Crippen LogP contribution in [-0.4, -0.2) is 28.2 Å². The molecule has 0 aliphatic heterocycles. The van der Waals surface area contributed by atoms with Gasteiger partial charge in [0.25, 0.3) is 5.91 Å². The summed E-state index contributed by atoms with van der Waals surface area (Å²) < 4.78 is 4.98. The maximum absolute atomic E-state index is 11.9. The molecular formula is C13H20N2O5. The van der Waals surface area contributed by atoms with E-state index >= 15 is 0 Å². The molecule has 0 spiro atoms. The minimum atomic E-state index is -0.782. The first-order valence-electron chi connectivity index (χ1n) is 6.40. The Hall–Kier alpha value is -1.86. The number of nitrogens with two attached hydrogens (primary N) is 1. The van der Waals surface area contributed by atoms with Gasteiger partial charge in [-0.05, 0) is 12.8 Å². The summed E-state index contributed by atoms with van der Waals surface area (Å²) in [6, 6.07) is 0.928. The van der Waals surface area contributed by atoms with Crippen LogP contribution in [0.15, 0.2) is 15.3 Å². The van der Waals surface area contributed by atoms with Crippen LogP contribution in [0.1, 0.15) is 43.0 Å². The molecule has 0 bridgehead atoms. The summed E-state index contributed by atoms with van der Waals surface area (Å²) in [5.74, 6) is -2.14. The molecule has 1 aromatic rings. The van der Waals surface area contributed by atoms with E-state index in [0.29, 0.717) is 12.8 Å². The van der Waals surface area contributed by atoms with E-state index in [-0.39, 0.29) is 12.3 Å². The zero-order valence-corrected chi connectivity index (χ0v) is 11.6. The zero-order chi connectivity index (χ0) is 15.3. The quantitative estimate of drug-likeness (QED) is 0.586. The lowest BCUT2D eigenvalue weighted by Gasteiger charge is -2.26. The smallest absolute Gasteiger partial charge is 0.291 e. The summed E-state index contributed by atoms with van der Waals surface area (Å²) in [7, 11) is 0. The van der Waals surface area contributed by atoms with E-state index < -0.39 is 35.0 Å². The van der Waals surface area contributed by atoms with Crippen LogP contribution in [0.3, 0.4) is 0 Å². The molecule has 7 heteroatoms. The second kappa shape index (κ2) is 6.53. The second-order valence-corrected chi connectivity index (χ2v) is 4.66. The Morgan fingerprint density at radius 2 is 2.05 bits per heavy atom. The molecule has 0 fully saturated rings. The molecule has 5 N–H and O–H groups in total. The highest BCUT2D eigenvalue weighted by Gasteiger charge is 2.24. The van der Waals surface area contributed by atoms with E-state index in [4.69, 9.17) is 15.3 Å². The van der Waals surface area contributed by atoms with Gasteiger partial charge in [-0.2, -0.15) is 0 Å². The average molecular weight is 284 g/mol. The van der Waals surface area contributed by atoms with E-state index in [9.17, 15) is 14.7 Å². The summed E-state index contributed by atoms with van der Waals surface area (Å²) in [5.41, 5.74) is 4.70. The normalized spacial score (nSPS) is 11.4. The van der Waals surface area contributed by atoms with Crippen molar-refractivity contribution >= 4 is 5.91 Å². The first-order valence-corrected chi connectivity index (χ1v) is 6.40. The van der Waals surface area contributed by atoms with Crippen LogP contribution in [0, 0.1) is 0 Å². The molecule has 0 unspecified atom stereocenters. The van der Waals surface area contributed by atoms with Crippen LogP contribution in [0.2, 0.25) is 0 Å². The Morgan fingerprint density at radius 1 is 1.45 bits per heavy atom. The molecule has 1 aromatic heterocycles. The fourth-order valence-corrected chi connectivity index (χ4v) is 1.60. The van der Waals surface area contributed by atoms with Crippen molar-refractivity contribution in [1.82, 2.24) is 5.32 Å². The number of aliphatic hydroxyl groups excluding tert-OH is 1. The van der Waals surface area contributed by atoms with Gasteiger partial charge < -0.3 is 25.7 Å². The van der Waals surface area contributed by atoms with Crippen LogP contribution in [-0.2, 0) is 6.61 Å². The first kappa shape index (κ1) is 16.2. The van der Waals surface area contributed by atoms with Gasteiger partial charge in [-0.3, -0.25) is 9.59 Å². The van der Waals surface area contributed by atoms with Gasteiger partial charge in [-0.15, -0.1) is 0 Å². The number of amides is 1. The molecule has 0 aromatic carbocycles. The van der Waals surface area contributed by atoms with Crippen LogP contribution >= 0.6 is 0 Å². The number of aromatic hydroxyl groups is 1. The number of carbonyl (C=O) groups is 1. The van der Waals surface area contributed by atoms with E-state index in [1.807, 2.05) is 13.8 Å². The number of nitrogens with one attached hydrogen (secondary N) is 1. The van der Waals surface area contributed by atoms with Gasteiger partial charge in [0.2, 0.25) is 16.9 Å². The molecule has 1 rings (SSSR count). The molecule has 0 atom stereocenters. The topological polar surface area (TPSA) is 126 Å². The van der Waals surface area contributed by atoms with Crippen LogP contribution < -0.4 is 16.5 Å². The predicted octanol–water partition coefficient (Wildman–Crippen LogP) is 0.0850. The summed E-state index contributed by atoms with van der Waals surface area (Å²) in [5, 5.41) is 21.0. The third-order valence-electron chi connectivity index (χ3n) is 3.35. The van der Waals surface area contributed by atoms with Crippen molar-refractivity contribution in [1.29, 1.82) is 0 Å². The number of aliphatic hydroxyl groups is 1. The molecule has 112 valence electrons. The summed E-state index contributed by atoms with van der Waals surface area (Å²) >= 11 is 0. The van der Waals surface area contributed by atoms with Crippen molar-refractivity contribution in [2.75, 3.05) is 6.54 Å².